The summed E-state index contributed by atoms with van der Waals surface area (Å²) in [6, 6.07) is 8.32. The van der Waals surface area contributed by atoms with E-state index in [9.17, 15) is 0 Å². The normalized spacial score (nSPS) is 12.1. The molecule has 0 aliphatic rings. The van der Waals surface area contributed by atoms with Gasteiger partial charge in [-0.2, -0.15) is 0 Å². The Labute approximate surface area is 93.7 Å². The van der Waals surface area contributed by atoms with E-state index in [1.165, 1.54) is 18.4 Å². The van der Waals surface area contributed by atoms with Crippen molar-refractivity contribution in [3.63, 3.8) is 0 Å². The van der Waals surface area contributed by atoms with Crippen molar-refractivity contribution in [3.05, 3.63) is 29.8 Å². The third-order valence-corrected chi connectivity index (χ3v) is 3.66. The van der Waals surface area contributed by atoms with Crippen LogP contribution >= 0.6 is 0 Å². The summed E-state index contributed by atoms with van der Waals surface area (Å²) in [5.74, 6) is 0.737. The van der Waals surface area contributed by atoms with Gasteiger partial charge in [0.05, 0.1) is 0 Å². The summed E-state index contributed by atoms with van der Waals surface area (Å²) in [6.07, 6.45) is 2.46. The summed E-state index contributed by atoms with van der Waals surface area (Å²) in [5.41, 5.74) is 8.20. The van der Waals surface area contributed by atoms with Crippen LogP contribution in [0.3, 0.4) is 0 Å². The topological polar surface area (TPSA) is 26.0 Å². The van der Waals surface area contributed by atoms with Gasteiger partial charge in [-0.05, 0) is 29.0 Å². The van der Waals surface area contributed by atoms with E-state index >= 15 is 0 Å². The fourth-order valence-electron chi connectivity index (χ4n) is 2.46. The molecular formula is C14H23N. The fraction of sp³-hybridized carbons (Fsp3) is 0.571. The molecule has 1 rings (SSSR count). The lowest BCUT2D eigenvalue weighted by Gasteiger charge is -2.34. The average molecular weight is 205 g/mol. The molecule has 1 nitrogen and oxygen atoms in total. The molecule has 0 fully saturated rings. The summed E-state index contributed by atoms with van der Waals surface area (Å²) in [7, 11) is 0. The SMILES string of the molecule is CCC(CC)C(C)(C)c1ccc(N)cc1. The molecule has 0 aliphatic heterocycles. The number of benzene rings is 1. The monoisotopic (exact) mass is 205 g/mol. The number of anilines is 1. The standard InChI is InChI=1S/C14H23N/c1-5-11(6-2)14(3,4)12-7-9-13(15)10-8-12/h7-11H,5-6,15H2,1-4H3. The zero-order chi connectivity index (χ0) is 11.5. The lowest BCUT2D eigenvalue weighted by atomic mass is 9.71. The van der Waals surface area contributed by atoms with Crippen LogP contribution in [0.25, 0.3) is 0 Å². The molecule has 0 saturated heterocycles. The van der Waals surface area contributed by atoms with Crippen LogP contribution in [0.4, 0.5) is 5.69 Å². The summed E-state index contributed by atoms with van der Waals surface area (Å²) in [4.78, 5) is 0. The minimum Gasteiger partial charge on any atom is -0.399 e. The molecular weight excluding hydrogens is 182 g/mol. The highest BCUT2D eigenvalue weighted by Crippen LogP contribution is 2.35. The highest BCUT2D eigenvalue weighted by Gasteiger charge is 2.28. The average Bonchev–Trinajstić information content (AvgIpc) is 2.19. The van der Waals surface area contributed by atoms with Crippen LogP contribution in [-0.2, 0) is 5.41 Å². The molecule has 2 N–H and O–H groups in total. The summed E-state index contributed by atoms with van der Waals surface area (Å²) in [5, 5.41) is 0. The molecule has 0 saturated carbocycles. The van der Waals surface area contributed by atoms with E-state index in [1.807, 2.05) is 12.1 Å². The van der Waals surface area contributed by atoms with Crippen molar-refractivity contribution in [2.45, 2.75) is 46.0 Å². The first-order valence-electron chi connectivity index (χ1n) is 5.88. The van der Waals surface area contributed by atoms with Crippen LogP contribution in [-0.4, -0.2) is 0 Å². The van der Waals surface area contributed by atoms with E-state index in [-0.39, 0.29) is 5.41 Å². The van der Waals surface area contributed by atoms with Crippen molar-refractivity contribution in [2.75, 3.05) is 5.73 Å². The predicted molar refractivity (Wildman–Crippen MR) is 68.0 cm³/mol. The Kier molecular flexibility index (Phi) is 3.78. The van der Waals surface area contributed by atoms with Gasteiger partial charge in [0.1, 0.15) is 0 Å². The number of hydrogen-bond donors (Lipinski definition) is 1. The first-order valence-corrected chi connectivity index (χ1v) is 5.88. The molecule has 0 atom stereocenters. The van der Waals surface area contributed by atoms with Crippen LogP contribution in [0.1, 0.15) is 46.1 Å². The summed E-state index contributed by atoms with van der Waals surface area (Å²) >= 11 is 0. The van der Waals surface area contributed by atoms with Crippen LogP contribution in [0.2, 0.25) is 0 Å². The van der Waals surface area contributed by atoms with Gasteiger partial charge in [0.2, 0.25) is 0 Å². The van der Waals surface area contributed by atoms with E-state index in [0.29, 0.717) is 0 Å². The Morgan fingerprint density at radius 2 is 1.53 bits per heavy atom. The van der Waals surface area contributed by atoms with Crippen molar-refractivity contribution >= 4 is 5.69 Å². The second kappa shape index (κ2) is 4.69. The van der Waals surface area contributed by atoms with E-state index in [4.69, 9.17) is 5.73 Å². The first-order chi connectivity index (χ1) is 7.02. The van der Waals surface area contributed by atoms with Gasteiger partial charge in [-0.1, -0.05) is 52.7 Å². The van der Waals surface area contributed by atoms with Gasteiger partial charge >= 0.3 is 0 Å². The van der Waals surface area contributed by atoms with E-state index in [0.717, 1.165) is 11.6 Å². The molecule has 0 amide bonds. The number of hydrogen-bond acceptors (Lipinski definition) is 1. The summed E-state index contributed by atoms with van der Waals surface area (Å²) in [6.45, 7) is 9.20. The minimum atomic E-state index is 0.247. The number of nitrogen functional groups attached to an aromatic ring is 1. The molecule has 0 unspecified atom stereocenters. The van der Waals surface area contributed by atoms with Gasteiger partial charge in [0.15, 0.2) is 0 Å². The van der Waals surface area contributed by atoms with Gasteiger partial charge in [-0.15, -0.1) is 0 Å². The number of nitrogens with two attached hydrogens (primary N) is 1. The third-order valence-electron chi connectivity index (χ3n) is 3.66. The zero-order valence-corrected chi connectivity index (χ0v) is 10.4. The summed E-state index contributed by atoms with van der Waals surface area (Å²) < 4.78 is 0. The smallest absolute Gasteiger partial charge is 0.0314 e. The Morgan fingerprint density at radius 3 is 1.93 bits per heavy atom. The lowest BCUT2D eigenvalue weighted by Crippen LogP contribution is -2.27. The molecule has 1 aromatic rings. The molecule has 0 radical (unpaired) electrons. The highest BCUT2D eigenvalue weighted by molar-refractivity contribution is 5.41. The second-order valence-corrected chi connectivity index (χ2v) is 4.86. The van der Waals surface area contributed by atoms with Gasteiger partial charge in [0.25, 0.3) is 0 Å². The maximum atomic E-state index is 5.71. The van der Waals surface area contributed by atoms with E-state index < -0.39 is 0 Å². The maximum absolute atomic E-state index is 5.71. The Bertz CT molecular complexity index is 294. The molecule has 0 spiro atoms. The molecule has 84 valence electrons. The van der Waals surface area contributed by atoms with Gasteiger partial charge in [0, 0.05) is 5.69 Å². The van der Waals surface area contributed by atoms with Crippen molar-refractivity contribution in [3.8, 4) is 0 Å². The van der Waals surface area contributed by atoms with Crippen molar-refractivity contribution in [1.82, 2.24) is 0 Å². The van der Waals surface area contributed by atoms with E-state index in [2.05, 4.69) is 39.8 Å². The van der Waals surface area contributed by atoms with Crippen LogP contribution in [0.15, 0.2) is 24.3 Å². The lowest BCUT2D eigenvalue weighted by molar-refractivity contribution is 0.299. The van der Waals surface area contributed by atoms with Crippen LogP contribution in [0, 0.1) is 5.92 Å². The highest BCUT2D eigenvalue weighted by atomic mass is 14.5. The molecule has 0 aromatic heterocycles. The van der Waals surface area contributed by atoms with E-state index in [1.54, 1.807) is 0 Å². The van der Waals surface area contributed by atoms with Gasteiger partial charge < -0.3 is 5.73 Å². The second-order valence-electron chi connectivity index (χ2n) is 4.86. The number of rotatable bonds is 4. The Balaban J connectivity index is 2.98. The maximum Gasteiger partial charge on any atom is 0.0314 e. The van der Waals surface area contributed by atoms with Crippen LogP contribution < -0.4 is 5.73 Å². The quantitative estimate of drug-likeness (QED) is 0.739. The van der Waals surface area contributed by atoms with Gasteiger partial charge in [-0.25, -0.2) is 0 Å². The molecule has 1 heteroatoms. The van der Waals surface area contributed by atoms with Crippen LogP contribution in [0.5, 0.6) is 0 Å². The molecule has 0 bridgehead atoms. The third kappa shape index (κ3) is 2.53. The van der Waals surface area contributed by atoms with Crippen molar-refractivity contribution < 1.29 is 0 Å². The zero-order valence-electron chi connectivity index (χ0n) is 10.4. The molecule has 15 heavy (non-hydrogen) atoms. The molecule has 0 heterocycles. The Hall–Kier alpha value is -0.980. The van der Waals surface area contributed by atoms with Gasteiger partial charge in [-0.3, -0.25) is 0 Å². The van der Waals surface area contributed by atoms with Crippen molar-refractivity contribution in [2.24, 2.45) is 5.92 Å². The molecule has 0 aliphatic carbocycles. The fourth-order valence-corrected chi connectivity index (χ4v) is 2.46. The predicted octanol–water partition coefficient (Wildman–Crippen LogP) is 3.98. The minimum absolute atomic E-state index is 0.247. The van der Waals surface area contributed by atoms with Crippen molar-refractivity contribution in [1.29, 1.82) is 0 Å². The largest absolute Gasteiger partial charge is 0.399 e. The molecule has 1 aromatic carbocycles. The Morgan fingerprint density at radius 1 is 1.07 bits per heavy atom. The first kappa shape index (κ1) is 12.1.